The molecular weight excluding hydrogens is 332 g/mol. The summed E-state index contributed by atoms with van der Waals surface area (Å²) >= 11 is 0. The van der Waals surface area contributed by atoms with Crippen LogP contribution in [0.15, 0.2) is 42.5 Å². The van der Waals surface area contributed by atoms with E-state index < -0.39 is 6.10 Å². The predicted octanol–water partition coefficient (Wildman–Crippen LogP) is 2.61. The Morgan fingerprint density at radius 2 is 1.92 bits per heavy atom. The smallest absolute Gasteiger partial charge is 0.211 e. The summed E-state index contributed by atoms with van der Waals surface area (Å²) in [5.74, 6) is 0.814. The number of carbonyl (C=O) groups excluding carboxylic acids is 1. The number of anilines is 1. The summed E-state index contributed by atoms with van der Waals surface area (Å²) in [6.07, 6.45) is 1.63. The molecular formula is C20H26N2O4. The highest BCUT2D eigenvalue weighted by atomic mass is 16.5. The Balaban J connectivity index is 1.81. The first-order valence-corrected chi connectivity index (χ1v) is 8.61. The van der Waals surface area contributed by atoms with E-state index in [4.69, 9.17) is 4.74 Å². The fourth-order valence-electron chi connectivity index (χ4n) is 2.65. The van der Waals surface area contributed by atoms with Crippen LogP contribution in [0.4, 0.5) is 5.69 Å². The first kappa shape index (κ1) is 19.8. The lowest BCUT2D eigenvalue weighted by Crippen LogP contribution is -2.30. The number of rotatable bonds is 10. The van der Waals surface area contributed by atoms with Gasteiger partial charge in [0.25, 0.3) is 0 Å². The Labute approximate surface area is 153 Å². The van der Waals surface area contributed by atoms with Crippen LogP contribution in [0.1, 0.15) is 30.6 Å². The molecule has 2 aromatic rings. The molecule has 0 saturated carbocycles. The molecule has 0 spiro atoms. The van der Waals surface area contributed by atoms with Crippen molar-refractivity contribution in [3.8, 4) is 11.5 Å². The standard InChI is InChI=1S/C20H26N2O4/c1-14(3-4-15-5-8-17(26-2)9-6-15)21-12-20(25)16-7-10-19(24)18(11-16)22-13-23/h5-11,13-14,20-21,24-25H,3-4,12H2,1-2H3,(H,22,23). The summed E-state index contributed by atoms with van der Waals surface area (Å²) in [4.78, 5) is 10.5. The van der Waals surface area contributed by atoms with Gasteiger partial charge in [-0.15, -0.1) is 0 Å². The third kappa shape index (κ3) is 5.75. The molecule has 4 N–H and O–H groups in total. The molecule has 0 fully saturated rings. The van der Waals surface area contributed by atoms with Gasteiger partial charge in [0.1, 0.15) is 11.5 Å². The van der Waals surface area contributed by atoms with Crippen LogP contribution in [-0.2, 0) is 11.2 Å². The molecule has 6 heteroatoms. The number of hydrogen-bond donors (Lipinski definition) is 4. The van der Waals surface area contributed by atoms with Crippen LogP contribution in [0.2, 0.25) is 0 Å². The van der Waals surface area contributed by atoms with Crippen molar-refractivity contribution >= 4 is 12.1 Å². The van der Waals surface area contributed by atoms with Crippen molar-refractivity contribution in [1.82, 2.24) is 5.32 Å². The van der Waals surface area contributed by atoms with E-state index in [2.05, 4.69) is 29.7 Å². The van der Waals surface area contributed by atoms with Gasteiger partial charge in [-0.2, -0.15) is 0 Å². The van der Waals surface area contributed by atoms with E-state index in [1.807, 2.05) is 12.1 Å². The van der Waals surface area contributed by atoms with Crippen molar-refractivity contribution in [3.05, 3.63) is 53.6 Å². The van der Waals surface area contributed by atoms with Gasteiger partial charge in [-0.25, -0.2) is 0 Å². The monoisotopic (exact) mass is 358 g/mol. The average molecular weight is 358 g/mol. The number of amides is 1. The normalized spacial score (nSPS) is 13.0. The van der Waals surface area contributed by atoms with Gasteiger partial charge in [0.2, 0.25) is 6.41 Å². The molecule has 26 heavy (non-hydrogen) atoms. The zero-order valence-electron chi connectivity index (χ0n) is 15.1. The number of hydrogen-bond acceptors (Lipinski definition) is 5. The topological polar surface area (TPSA) is 90.8 Å². The van der Waals surface area contributed by atoms with Crippen LogP contribution in [-0.4, -0.2) is 36.3 Å². The molecule has 2 rings (SSSR count). The SMILES string of the molecule is COc1ccc(CCC(C)NCC(O)c2ccc(O)c(NC=O)c2)cc1. The minimum Gasteiger partial charge on any atom is -0.506 e. The second kappa shape index (κ2) is 9.79. The Bertz CT molecular complexity index is 703. The van der Waals surface area contributed by atoms with Crippen molar-refractivity contribution in [2.24, 2.45) is 0 Å². The van der Waals surface area contributed by atoms with Crippen LogP contribution in [0, 0.1) is 0 Å². The molecule has 0 aliphatic rings. The van der Waals surface area contributed by atoms with E-state index in [0.717, 1.165) is 18.6 Å². The summed E-state index contributed by atoms with van der Waals surface area (Å²) < 4.78 is 5.15. The Morgan fingerprint density at radius 3 is 2.58 bits per heavy atom. The van der Waals surface area contributed by atoms with Gasteiger partial charge in [-0.1, -0.05) is 18.2 Å². The number of aliphatic hydroxyl groups is 1. The number of methoxy groups -OCH3 is 1. The van der Waals surface area contributed by atoms with Gasteiger partial charge in [0.05, 0.1) is 18.9 Å². The van der Waals surface area contributed by atoms with Crippen LogP contribution in [0.3, 0.4) is 0 Å². The highest BCUT2D eigenvalue weighted by Gasteiger charge is 2.12. The summed E-state index contributed by atoms with van der Waals surface area (Å²) in [7, 11) is 1.65. The van der Waals surface area contributed by atoms with Gasteiger partial charge in [0, 0.05) is 12.6 Å². The molecule has 0 saturated heterocycles. The van der Waals surface area contributed by atoms with E-state index in [0.29, 0.717) is 18.5 Å². The van der Waals surface area contributed by atoms with Crippen LogP contribution in [0.5, 0.6) is 11.5 Å². The molecule has 0 bridgehead atoms. The van der Waals surface area contributed by atoms with Crippen molar-refractivity contribution in [1.29, 1.82) is 0 Å². The summed E-state index contributed by atoms with van der Waals surface area (Å²) in [6, 6.07) is 12.9. The molecule has 0 radical (unpaired) electrons. The highest BCUT2D eigenvalue weighted by Crippen LogP contribution is 2.26. The number of phenols is 1. The molecule has 6 nitrogen and oxygen atoms in total. The van der Waals surface area contributed by atoms with Gasteiger partial charge in [-0.05, 0) is 55.2 Å². The second-order valence-electron chi connectivity index (χ2n) is 6.25. The lowest BCUT2D eigenvalue weighted by Gasteiger charge is -2.18. The van der Waals surface area contributed by atoms with E-state index in [1.54, 1.807) is 19.2 Å². The summed E-state index contributed by atoms with van der Waals surface area (Å²) in [6.45, 7) is 2.46. The van der Waals surface area contributed by atoms with Crippen LogP contribution < -0.4 is 15.4 Å². The number of phenolic OH excluding ortho intramolecular Hbond substituents is 1. The maximum absolute atomic E-state index is 10.5. The maximum Gasteiger partial charge on any atom is 0.211 e. The number of aromatic hydroxyl groups is 1. The first-order chi connectivity index (χ1) is 12.5. The molecule has 0 aliphatic heterocycles. The van der Waals surface area contributed by atoms with Crippen molar-refractivity contribution < 1.29 is 19.7 Å². The maximum atomic E-state index is 10.5. The third-order valence-electron chi connectivity index (χ3n) is 4.30. The average Bonchev–Trinajstić information content (AvgIpc) is 2.66. The lowest BCUT2D eigenvalue weighted by molar-refractivity contribution is -0.105. The van der Waals surface area contributed by atoms with Crippen molar-refractivity contribution in [2.45, 2.75) is 31.9 Å². The zero-order valence-corrected chi connectivity index (χ0v) is 15.1. The zero-order chi connectivity index (χ0) is 18.9. The quantitative estimate of drug-likeness (QED) is 0.387. The minimum absolute atomic E-state index is 0.0335. The van der Waals surface area contributed by atoms with Crippen molar-refractivity contribution in [3.63, 3.8) is 0 Å². The van der Waals surface area contributed by atoms with Gasteiger partial charge in [-0.3, -0.25) is 4.79 Å². The second-order valence-corrected chi connectivity index (χ2v) is 6.25. The Kier molecular flexibility index (Phi) is 7.44. The largest absolute Gasteiger partial charge is 0.506 e. The van der Waals surface area contributed by atoms with Crippen LogP contribution in [0.25, 0.3) is 0 Å². The van der Waals surface area contributed by atoms with Gasteiger partial charge in [0.15, 0.2) is 0 Å². The van der Waals surface area contributed by atoms with E-state index in [1.165, 1.54) is 11.6 Å². The Hall–Kier alpha value is -2.57. The fourth-order valence-corrected chi connectivity index (χ4v) is 2.65. The number of nitrogens with one attached hydrogen (secondary N) is 2. The van der Waals surface area contributed by atoms with Crippen LogP contribution >= 0.6 is 0 Å². The van der Waals surface area contributed by atoms with E-state index >= 15 is 0 Å². The highest BCUT2D eigenvalue weighted by molar-refractivity contribution is 5.75. The molecule has 0 heterocycles. The minimum atomic E-state index is -0.730. The third-order valence-corrected chi connectivity index (χ3v) is 4.30. The fraction of sp³-hybridized carbons (Fsp3) is 0.350. The summed E-state index contributed by atoms with van der Waals surface area (Å²) in [5.41, 5.74) is 2.15. The number of ether oxygens (including phenoxy) is 1. The number of carbonyl (C=O) groups is 1. The van der Waals surface area contributed by atoms with Crippen molar-refractivity contribution in [2.75, 3.05) is 19.0 Å². The Morgan fingerprint density at radius 1 is 1.19 bits per heavy atom. The van der Waals surface area contributed by atoms with Gasteiger partial charge >= 0.3 is 0 Å². The predicted molar refractivity (Wildman–Crippen MR) is 102 cm³/mol. The van der Waals surface area contributed by atoms with Gasteiger partial charge < -0.3 is 25.6 Å². The van der Waals surface area contributed by atoms with E-state index in [9.17, 15) is 15.0 Å². The molecule has 2 unspecified atom stereocenters. The number of aryl methyl sites for hydroxylation is 1. The molecule has 1 amide bonds. The molecule has 0 aromatic heterocycles. The molecule has 2 atom stereocenters. The molecule has 2 aromatic carbocycles. The van der Waals surface area contributed by atoms with E-state index in [-0.39, 0.29) is 17.5 Å². The molecule has 0 aliphatic carbocycles. The lowest BCUT2D eigenvalue weighted by atomic mass is 10.0. The first-order valence-electron chi connectivity index (χ1n) is 8.61. The summed E-state index contributed by atoms with van der Waals surface area (Å²) in [5, 5.41) is 25.7. The molecule has 140 valence electrons. The number of benzene rings is 2. The number of aliphatic hydroxyl groups excluding tert-OH is 1.